The number of ether oxygens (including phenoxy) is 2. The van der Waals surface area contributed by atoms with E-state index in [1.807, 2.05) is 37.3 Å². The van der Waals surface area contributed by atoms with Crippen molar-refractivity contribution in [3.05, 3.63) is 47.5 Å². The molecule has 37 heavy (non-hydrogen) atoms. The highest BCUT2D eigenvalue weighted by Crippen LogP contribution is 2.52. The Kier molecular flexibility index (Phi) is 8.82. The minimum atomic E-state index is -3.83. The highest BCUT2D eigenvalue weighted by atomic mass is 35.5. The summed E-state index contributed by atoms with van der Waals surface area (Å²) in [6.07, 6.45) is -1.33. The van der Waals surface area contributed by atoms with Crippen molar-refractivity contribution in [1.29, 1.82) is 0 Å². The molecule has 3 N–H and O–H groups in total. The van der Waals surface area contributed by atoms with Gasteiger partial charge in [-0.1, -0.05) is 37.3 Å². The molecule has 1 fully saturated rings. The molecule has 2 unspecified atom stereocenters. The van der Waals surface area contributed by atoms with E-state index in [1.54, 1.807) is 18.4 Å². The number of nitrogens with zero attached hydrogens (tertiary/aromatic N) is 4. The summed E-state index contributed by atoms with van der Waals surface area (Å²) in [4.78, 5) is 12.5. The first kappa shape index (κ1) is 27.9. The lowest BCUT2D eigenvalue weighted by Crippen LogP contribution is -2.42. The minimum absolute atomic E-state index is 0.0541. The Morgan fingerprint density at radius 2 is 1.89 bits per heavy atom. The average molecular weight is 556 g/mol. The van der Waals surface area contributed by atoms with Crippen molar-refractivity contribution >= 4 is 36.4 Å². The molecular formula is C23H31ClN5O7P. The normalized spacial score (nSPS) is 24.2. The summed E-state index contributed by atoms with van der Waals surface area (Å²) in [7, 11) is -3.83. The largest absolute Gasteiger partial charge is 0.474 e. The van der Waals surface area contributed by atoms with Crippen LogP contribution in [0.25, 0.3) is 11.2 Å². The van der Waals surface area contributed by atoms with Crippen molar-refractivity contribution in [2.75, 3.05) is 32.2 Å². The monoisotopic (exact) mass is 555 g/mol. The number of aromatic nitrogens is 4. The summed E-state index contributed by atoms with van der Waals surface area (Å²) in [5.41, 5.74) is 6.62. The summed E-state index contributed by atoms with van der Waals surface area (Å²) in [6.45, 7) is 5.60. The first-order valence-electron chi connectivity index (χ1n) is 11.8. The van der Waals surface area contributed by atoms with E-state index in [0.29, 0.717) is 17.8 Å². The highest BCUT2D eigenvalue weighted by molar-refractivity contribution is 7.48. The quantitative estimate of drug-likeness (QED) is 0.248. The Labute approximate surface area is 219 Å². The van der Waals surface area contributed by atoms with Crippen LogP contribution >= 0.6 is 19.4 Å². The van der Waals surface area contributed by atoms with Crippen LogP contribution in [0.2, 0.25) is 5.28 Å². The van der Waals surface area contributed by atoms with Gasteiger partial charge >= 0.3 is 7.82 Å². The molecule has 0 bridgehead atoms. The van der Waals surface area contributed by atoms with Gasteiger partial charge < -0.3 is 20.3 Å². The van der Waals surface area contributed by atoms with Crippen LogP contribution in [0, 0.1) is 5.41 Å². The molecule has 4 rings (SSSR count). The van der Waals surface area contributed by atoms with E-state index in [4.69, 9.17) is 40.4 Å². The lowest BCUT2D eigenvalue weighted by atomic mass is 9.83. The molecular weight excluding hydrogens is 525 g/mol. The number of benzene rings is 1. The number of fused-ring (bicyclic) bond motifs is 1. The predicted octanol–water partition coefficient (Wildman–Crippen LogP) is 3.74. The van der Waals surface area contributed by atoms with Gasteiger partial charge in [-0.2, -0.15) is 9.97 Å². The third kappa shape index (κ3) is 5.97. The molecule has 2 aromatic heterocycles. The minimum Gasteiger partial charge on any atom is -0.389 e. The molecule has 0 aliphatic carbocycles. The van der Waals surface area contributed by atoms with Crippen LogP contribution in [0.5, 0.6) is 0 Å². The van der Waals surface area contributed by atoms with E-state index < -0.39 is 31.7 Å². The second kappa shape index (κ2) is 11.7. The number of nitrogens with two attached hydrogens (primary N) is 1. The van der Waals surface area contributed by atoms with Crippen LogP contribution in [0.3, 0.4) is 0 Å². The zero-order valence-corrected chi connectivity index (χ0v) is 22.5. The lowest BCUT2D eigenvalue weighted by molar-refractivity contribution is -0.0743. The molecule has 4 atom stereocenters. The Balaban J connectivity index is 1.62. The van der Waals surface area contributed by atoms with Gasteiger partial charge in [-0.05, 0) is 31.0 Å². The van der Waals surface area contributed by atoms with Gasteiger partial charge in [-0.25, -0.2) is 9.55 Å². The maximum atomic E-state index is 12.8. The number of nitrogen functional groups attached to an aromatic ring is 1. The number of phosphoric ester groups is 1. The molecule has 14 heteroatoms. The van der Waals surface area contributed by atoms with Crippen LogP contribution in [0.15, 0.2) is 36.7 Å². The summed E-state index contributed by atoms with van der Waals surface area (Å²) in [6, 6.07) is 9.66. The molecule has 202 valence electrons. The number of halogens is 1. The number of aliphatic hydroxyl groups excluding tert-OH is 1. The number of aliphatic hydroxyl groups is 1. The molecule has 3 aromatic rings. The topological polar surface area (TPSA) is 153 Å². The molecule has 0 spiro atoms. The summed E-state index contributed by atoms with van der Waals surface area (Å²) in [5, 5.41) is 11.4. The third-order valence-corrected chi connectivity index (χ3v) is 7.85. The van der Waals surface area contributed by atoms with E-state index in [-0.39, 0.29) is 37.5 Å². The van der Waals surface area contributed by atoms with Crippen molar-refractivity contribution in [2.45, 2.75) is 45.8 Å². The Morgan fingerprint density at radius 1 is 1.19 bits per heavy atom. The standard InChI is InChI=1S/C23H31ClN5O7P/c1-4-33-37(31,34-5-2)35-12-16-18(30)23(3,13-32-11-15-9-7-6-8-10-15)21(36-16)29-14-26-17-19(25)27-22(24)28-20(17)29/h6-10,14,16,18,21,30H,4-5,11-13H2,1-3H3,(H2,25,27,28)/t16-,18?,21-,23?/m1/s1. The SMILES string of the molecule is CCOP(=O)(OCC)OC[C@H]1O[C@@H](n2cnc3c(N)nc(Cl)nc32)C(C)(COCc2ccccc2)C1O. The van der Waals surface area contributed by atoms with Crippen LogP contribution in [-0.4, -0.2) is 63.3 Å². The van der Waals surface area contributed by atoms with E-state index >= 15 is 0 Å². The van der Waals surface area contributed by atoms with Gasteiger partial charge in [0.1, 0.15) is 17.8 Å². The second-order valence-corrected chi connectivity index (χ2v) is 10.7. The first-order chi connectivity index (χ1) is 17.7. The Bertz CT molecular complexity index is 1240. The van der Waals surface area contributed by atoms with E-state index in [2.05, 4.69) is 15.0 Å². The Hall–Kier alpha value is -2.15. The number of hydrogen-bond acceptors (Lipinski definition) is 11. The van der Waals surface area contributed by atoms with Gasteiger partial charge in [0.2, 0.25) is 5.28 Å². The number of rotatable bonds is 12. The van der Waals surface area contributed by atoms with Gasteiger partial charge in [-0.15, -0.1) is 0 Å². The fourth-order valence-electron chi connectivity index (χ4n) is 4.27. The zero-order chi connectivity index (χ0) is 26.6. The van der Waals surface area contributed by atoms with Crippen molar-refractivity contribution in [3.63, 3.8) is 0 Å². The van der Waals surface area contributed by atoms with Crippen LogP contribution in [-0.2, 0) is 34.2 Å². The smallest absolute Gasteiger partial charge is 0.389 e. The fourth-order valence-corrected chi connectivity index (χ4v) is 5.63. The molecule has 0 amide bonds. The van der Waals surface area contributed by atoms with Crippen molar-refractivity contribution in [3.8, 4) is 0 Å². The average Bonchev–Trinajstić information content (AvgIpc) is 3.38. The number of phosphoric acid groups is 1. The van der Waals surface area contributed by atoms with E-state index in [9.17, 15) is 9.67 Å². The van der Waals surface area contributed by atoms with Gasteiger partial charge in [0, 0.05) is 0 Å². The molecule has 3 heterocycles. The third-order valence-electron chi connectivity index (χ3n) is 6.07. The summed E-state index contributed by atoms with van der Waals surface area (Å²) in [5.74, 6) is 0.114. The van der Waals surface area contributed by atoms with Crippen LogP contribution in [0.1, 0.15) is 32.6 Å². The van der Waals surface area contributed by atoms with Gasteiger partial charge in [0.25, 0.3) is 0 Å². The molecule has 0 saturated carbocycles. The Morgan fingerprint density at radius 3 is 2.57 bits per heavy atom. The first-order valence-corrected chi connectivity index (χ1v) is 13.7. The predicted molar refractivity (Wildman–Crippen MR) is 136 cm³/mol. The van der Waals surface area contributed by atoms with Gasteiger partial charge in [-0.3, -0.25) is 18.1 Å². The molecule has 12 nitrogen and oxygen atoms in total. The maximum Gasteiger partial charge on any atom is 0.474 e. The van der Waals surface area contributed by atoms with E-state index in [0.717, 1.165) is 5.56 Å². The van der Waals surface area contributed by atoms with Gasteiger partial charge in [0.15, 0.2) is 11.5 Å². The van der Waals surface area contributed by atoms with Gasteiger partial charge in [0.05, 0.1) is 50.9 Å². The van der Waals surface area contributed by atoms with Crippen molar-refractivity contribution in [1.82, 2.24) is 19.5 Å². The number of imidazole rings is 1. The number of anilines is 1. The van der Waals surface area contributed by atoms with Crippen LogP contribution in [0.4, 0.5) is 5.82 Å². The van der Waals surface area contributed by atoms with E-state index in [1.165, 1.54) is 6.33 Å². The summed E-state index contributed by atoms with van der Waals surface area (Å²) >= 11 is 6.06. The highest BCUT2D eigenvalue weighted by Gasteiger charge is 2.55. The molecule has 1 aromatic carbocycles. The number of hydrogen-bond donors (Lipinski definition) is 2. The fraction of sp³-hybridized carbons (Fsp3) is 0.522. The molecule has 1 saturated heterocycles. The zero-order valence-electron chi connectivity index (χ0n) is 20.8. The van der Waals surface area contributed by atoms with Crippen LogP contribution < -0.4 is 5.73 Å². The van der Waals surface area contributed by atoms with Crippen molar-refractivity contribution < 1.29 is 32.7 Å². The molecule has 1 aliphatic rings. The molecule has 0 radical (unpaired) electrons. The maximum absolute atomic E-state index is 12.8. The summed E-state index contributed by atoms with van der Waals surface area (Å²) < 4.78 is 42.7. The van der Waals surface area contributed by atoms with Crippen molar-refractivity contribution in [2.24, 2.45) is 5.41 Å². The lowest BCUT2D eigenvalue weighted by Gasteiger charge is -2.33. The second-order valence-electron chi connectivity index (χ2n) is 8.74. The molecule has 1 aliphatic heterocycles.